The summed E-state index contributed by atoms with van der Waals surface area (Å²) in [5.41, 5.74) is 1.23. The summed E-state index contributed by atoms with van der Waals surface area (Å²) in [5, 5.41) is 10.7. The predicted molar refractivity (Wildman–Crippen MR) is 94.6 cm³/mol. The van der Waals surface area contributed by atoms with Crippen LogP contribution in [0.2, 0.25) is 0 Å². The molecule has 0 aliphatic carbocycles. The van der Waals surface area contributed by atoms with Crippen LogP contribution in [0.25, 0.3) is 0 Å². The van der Waals surface area contributed by atoms with Gasteiger partial charge in [0, 0.05) is 18.8 Å². The molecular weight excluding hydrogens is 348 g/mol. The first kappa shape index (κ1) is 18.4. The van der Waals surface area contributed by atoms with Crippen LogP contribution in [0, 0.1) is 0 Å². The van der Waals surface area contributed by atoms with Crippen LogP contribution < -0.4 is 4.72 Å². The topological polar surface area (TPSA) is 86.7 Å². The van der Waals surface area contributed by atoms with Crippen LogP contribution in [0.4, 0.5) is 5.69 Å². The summed E-state index contributed by atoms with van der Waals surface area (Å²) in [5.74, 6) is -0.0709. The average molecular weight is 368 g/mol. The summed E-state index contributed by atoms with van der Waals surface area (Å²) in [6.07, 6.45) is 0.214. The van der Waals surface area contributed by atoms with Crippen molar-refractivity contribution in [2.75, 3.05) is 24.4 Å². The van der Waals surface area contributed by atoms with E-state index in [9.17, 15) is 13.2 Å². The van der Waals surface area contributed by atoms with Crippen LogP contribution in [0.1, 0.15) is 12.5 Å². The number of hydrogen-bond acceptors (Lipinski definition) is 5. The largest absolute Gasteiger partial charge is 0.395 e. The number of carbonyl (C=O) groups is 1. The molecule has 1 heterocycles. The Balaban J connectivity index is 2.02. The molecule has 1 aromatic heterocycles. The Morgan fingerprint density at radius 3 is 2.50 bits per heavy atom. The Hall–Kier alpha value is -1.90. The molecule has 0 unspecified atom stereocenters. The summed E-state index contributed by atoms with van der Waals surface area (Å²) in [7, 11) is -3.57. The molecule has 0 saturated carbocycles. The van der Waals surface area contributed by atoms with E-state index in [1.165, 1.54) is 0 Å². The van der Waals surface area contributed by atoms with E-state index < -0.39 is 10.0 Å². The number of aliphatic hydroxyl groups is 1. The number of benzene rings is 1. The second-order valence-corrected chi connectivity index (χ2v) is 7.97. The molecule has 8 heteroatoms. The van der Waals surface area contributed by atoms with Gasteiger partial charge in [-0.2, -0.15) is 0 Å². The highest BCUT2D eigenvalue weighted by molar-refractivity contribution is 7.94. The number of rotatable bonds is 8. The zero-order valence-corrected chi connectivity index (χ0v) is 14.9. The molecule has 1 amide bonds. The number of likely N-dealkylation sites (N-methyl/N-ethyl adjacent to an activating group) is 1. The van der Waals surface area contributed by atoms with Gasteiger partial charge in [-0.1, -0.05) is 18.2 Å². The highest BCUT2D eigenvalue weighted by Crippen LogP contribution is 2.20. The molecule has 0 aliphatic rings. The lowest BCUT2D eigenvalue weighted by Crippen LogP contribution is -2.34. The minimum atomic E-state index is -3.57. The second-order valence-electron chi connectivity index (χ2n) is 5.11. The van der Waals surface area contributed by atoms with E-state index in [2.05, 4.69) is 4.72 Å². The van der Waals surface area contributed by atoms with E-state index in [-0.39, 0.29) is 23.1 Å². The molecule has 1 aromatic carbocycles. The Morgan fingerprint density at radius 2 is 1.96 bits per heavy atom. The molecule has 0 saturated heterocycles. The molecule has 0 bridgehead atoms. The molecule has 0 fully saturated rings. The van der Waals surface area contributed by atoms with Crippen molar-refractivity contribution < 1.29 is 18.3 Å². The summed E-state index contributed by atoms with van der Waals surface area (Å²) in [4.78, 5) is 13.7. The van der Waals surface area contributed by atoms with E-state index in [0.29, 0.717) is 18.8 Å². The Labute approximate surface area is 145 Å². The smallest absolute Gasteiger partial charge is 0.271 e. The fraction of sp³-hybridized carbons (Fsp3) is 0.312. The Kier molecular flexibility index (Phi) is 6.36. The van der Waals surface area contributed by atoms with Gasteiger partial charge in [-0.05, 0) is 36.1 Å². The highest BCUT2D eigenvalue weighted by atomic mass is 32.2. The number of aliphatic hydroxyl groups excluding tert-OH is 1. The van der Waals surface area contributed by atoms with Gasteiger partial charge in [-0.15, -0.1) is 11.3 Å². The van der Waals surface area contributed by atoms with Gasteiger partial charge in [0.1, 0.15) is 4.21 Å². The SMILES string of the molecule is CCN(CCO)C(=O)Cc1ccc(NS(=O)(=O)c2cccs2)cc1. The molecule has 130 valence electrons. The van der Waals surface area contributed by atoms with Gasteiger partial charge in [-0.25, -0.2) is 8.42 Å². The Bertz CT molecular complexity index is 756. The molecule has 24 heavy (non-hydrogen) atoms. The van der Waals surface area contributed by atoms with Gasteiger partial charge >= 0.3 is 0 Å². The van der Waals surface area contributed by atoms with E-state index in [0.717, 1.165) is 16.9 Å². The Morgan fingerprint density at radius 1 is 1.25 bits per heavy atom. The van der Waals surface area contributed by atoms with Crippen LogP contribution in [-0.4, -0.2) is 44.0 Å². The van der Waals surface area contributed by atoms with Gasteiger partial charge in [0.2, 0.25) is 5.91 Å². The van der Waals surface area contributed by atoms with Gasteiger partial charge in [0.25, 0.3) is 10.0 Å². The molecule has 0 radical (unpaired) electrons. The van der Waals surface area contributed by atoms with E-state index in [4.69, 9.17) is 5.11 Å². The van der Waals surface area contributed by atoms with Crippen LogP contribution in [0.3, 0.4) is 0 Å². The summed E-state index contributed by atoms with van der Waals surface area (Å²) < 4.78 is 27.0. The third-order valence-electron chi connectivity index (χ3n) is 3.43. The molecule has 0 atom stereocenters. The number of nitrogens with one attached hydrogen (secondary N) is 1. The van der Waals surface area contributed by atoms with E-state index >= 15 is 0 Å². The molecule has 6 nitrogen and oxygen atoms in total. The lowest BCUT2D eigenvalue weighted by atomic mass is 10.1. The number of sulfonamides is 1. The normalized spacial score (nSPS) is 11.2. The highest BCUT2D eigenvalue weighted by Gasteiger charge is 2.15. The average Bonchev–Trinajstić information content (AvgIpc) is 3.09. The van der Waals surface area contributed by atoms with Crippen molar-refractivity contribution >= 4 is 33.0 Å². The van der Waals surface area contributed by atoms with Crippen molar-refractivity contribution in [1.29, 1.82) is 0 Å². The fourth-order valence-electron chi connectivity index (χ4n) is 2.18. The van der Waals surface area contributed by atoms with Crippen LogP contribution in [0.5, 0.6) is 0 Å². The number of hydrogen-bond donors (Lipinski definition) is 2. The first-order valence-corrected chi connectivity index (χ1v) is 9.86. The van der Waals surface area contributed by atoms with Gasteiger partial charge < -0.3 is 10.0 Å². The fourth-order valence-corrected chi connectivity index (χ4v) is 4.23. The number of nitrogens with zero attached hydrogens (tertiary/aromatic N) is 1. The van der Waals surface area contributed by atoms with Crippen LogP contribution in [0.15, 0.2) is 46.0 Å². The lowest BCUT2D eigenvalue weighted by molar-refractivity contribution is -0.130. The van der Waals surface area contributed by atoms with Crippen molar-refractivity contribution in [2.45, 2.75) is 17.6 Å². The first-order chi connectivity index (χ1) is 11.5. The molecule has 0 spiro atoms. The van der Waals surface area contributed by atoms with Crippen molar-refractivity contribution in [3.05, 3.63) is 47.3 Å². The van der Waals surface area contributed by atoms with Crippen molar-refractivity contribution in [2.24, 2.45) is 0 Å². The number of amides is 1. The molecule has 2 N–H and O–H groups in total. The minimum absolute atomic E-state index is 0.0665. The van der Waals surface area contributed by atoms with Crippen molar-refractivity contribution in [3.63, 3.8) is 0 Å². The standard InChI is InChI=1S/C16H20N2O4S2/c1-2-18(9-10-19)15(20)12-13-5-7-14(8-6-13)17-24(21,22)16-4-3-11-23-16/h3-8,11,17,19H,2,9-10,12H2,1H3. The first-order valence-electron chi connectivity index (χ1n) is 7.50. The lowest BCUT2D eigenvalue weighted by Gasteiger charge is -2.19. The predicted octanol–water partition coefficient (Wildman–Crippen LogP) is 1.93. The summed E-state index contributed by atoms with van der Waals surface area (Å²) in [6.45, 7) is 2.64. The minimum Gasteiger partial charge on any atom is -0.395 e. The summed E-state index contributed by atoms with van der Waals surface area (Å²) >= 11 is 1.15. The van der Waals surface area contributed by atoms with E-state index in [1.54, 1.807) is 46.7 Å². The quantitative estimate of drug-likeness (QED) is 0.745. The van der Waals surface area contributed by atoms with Gasteiger partial charge in [0.15, 0.2) is 0 Å². The van der Waals surface area contributed by atoms with Gasteiger partial charge in [-0.3, -0.25) is 9.52 Å². The third-order valence-corrected chi connectivity index (χ3v) is 6.20. The maximum atomic E-state index is 12.1. The van der Waals surface area contributed by atoms with E-state index in [1.807, 2.05) is 6.92 Å². The van der Waals surface area contributed by atoms with Crippen molar-refractivity contribution in [3.8, 4) is 0 Å². The number of carbonyl (C=O) groups excluding carboxylic acids is 1. The second kappa shape index (κ2) is 8.27. The molecule has 0 aliphatic heterocycles. The monoisotopic (exact) mass is 368 g/mol. The maximum absolute atomic E-state index is 12.1. The van der Waals surface area contributed by atoms with Crippen molar-refractivity contribution in [1.82, 2.24) is 4.90 Å². The molecule has 2 aromatic rings. The van der Waals surface area contributed by atoms with Crippen LogP contribution >= 0.6 is 11.3 Å². The van der Waals surface area contributed by atoms with Gasteiger partial charge in [0.05, 0.1) is 13.0 Å². The zero-order valence-electron chi connectivity index (χ0n) is 13.3. The maximum Gasteiger partial charge on any atom is 0.271 e. The number of anilines is 1. The third kappa shape index (κ3) is 4.80. The molecular formula is C16H20N2O4S2. The zero-order chi connectivity index (χ0) is 17.6. The summed E-state index contributed by atoms with van der Waals surface area (Å²) in [6, 6.07) is 9.93. The van der Waals surface area contributed by atoms with Crippen LogP contribution in [-0.2, 0) is 21.2 Å². The molecule has 2 rings (SSSR count). The number of thiophene rings is 1.